The summed E-state index contributed by atoms with van der Waals surface area (Å²) in [5.74, 6) is 0.404. The third-order valence-electron chi connectivity index (χ3n) is 2.31. The molecule has 0 aliphatic rings. The molecule has 102 valence electrons. The Morgan fingerprint density at radius 2 is 2.11 bits per heavy atom. The number of esters is 1. The summed E-state index contributed by atoms with van der Waals surface area (Å²) in [7, 11) is 1.49. The first kappa shape index (κ1) is 16.7. The van der Waals surface area contributed by atoms with Crippen LogP contribution < -0.4 is 15.2 Å². The van der Waals surface area contributed by atoms with Crippen molar-refractivity contribution in [2.75, 3.05) is 13.7 Å². The minimum Gasteiger partial charge on any atom is -0.493 e. The highest BCUT2D eigenvalue weighted by Gasteiger charge is 2.11. The predicted molar refractivity (Wildman–Crippen MR) is 70.2 cm³/mol. The summed E-state index contributed by atoms with van der Waals surface area (Å²) in [6.07, 6.45) is 0.468. The minimum absolute atomic E-state index is 0. The lowest BCUT2D eigenvalue weighted by atomic mass is 10.0. The summed E-state index contributed by atoms with van der Waals surface area (Å²) in [4.78, 5) is 10.9. The van der Waals surface area contributed by atoms with E-state index in [4.69, 9.17) is 20.3 Å². The van der Waals surface area contributed by atoms with E-state index in [1.54, 1.807) is 18.2 Å². The summed E-state index contributed by atoms with van der Waals surface area (Å²) < 4.78 is 10.1. The smallest absolute Gasteiger partial charge is 0.308 e. The Hall–Kier alpha value is -1.30. The van der Waals surface area contributed by atoms with Crippen molar-refractivity contribution >= 4 is 18.4 Å². The summed E-state index contributed by atoms with van der Waals surface area (Å²) >= 11 is 0. The number of ether oxygens (including phenoxy) is 2. The van der Waals surface area contributed by atoms with Gasteiger partial charge in [0, 0.05) is 19.6 Å². The molecule has 3 N–H and O–H groups in total. The van der Waals surface area contributed by atoms with Crippen LogP contribution in [0.2, 0.25) is 0 Å². The quantitative estimate of drug-likeness (QED) is 0.627. The van der Waals surface area contributed by atoms with E-state index in [-0.39, 0.29) is 25.1 Å². The molecule has 0 saturated carbocycles. The molecule has 1 aromatic rings. The van der Waals surface area contributed by atoms with Gasteiger partial charge in [-0.3, -0.25) is 4.79 Å². The monoisotopic (exact) mass is 275 g/mol. The molecule has 0 fully saturated rings. The van der Waals surface area contributed by atoms with Crippen molar-refractivity contribution in [2.45, 2.75) is 19.4 Å². The summed E-state index contributed by atoms with van der Waals surface area (Å²) in [5.41, 5.74) is 6.68. The van der Waals surface area contributed by atoms with E-state index >= 15 is 0 Å². The number of carbonyl (C=O) groups is 1. The van der Waals surface area contributed by atoms with Crippen molar-refractivity contribution in [1.82, 2.24) is 0 Å². The lowest BCUT2D eigenvalue weighted by Crippen LogP contribution is -2.12. The van der Waals surface area contributed by atoms with Crippen molar-refractivity contribution in [2.24, 2.45) is 5.73 Å². The van der Waals surface area contributed by atoms with E-state index in [2.05, 4.69) is 0 Å². The lowest BCUT2D eigenvalue weighted by molar-refractivity contribution is -0.132. The van der Waals surface area contributed by atoms with Gasteiger partial charge in [0.25, 0.3) is 0 Å². The molecule has 0 spiro atoms. The van der Waals surface area contributed by atoms with Crippen molar-refractivity contribution in [1.29, 1.82) is 0 Å². The SMILES string of the molecule is COc1cc([C@@H](N)CCO)ccc1OC(C)=O.Cl. The van der Waals surface area contributed by atoms with Crippen molar-refractivity contribution in [3.8, 4) is 11.5 Å². The van der Waals surface area contributed by atoms with Crippen LogP contribution in [0.4, 0.5) is 0 Å². The van der Waals surface area contributed by atoms with Crippen LogP contribution >= 0.6 is 12.4 Å². The van der Waals surface area contributed by atoms with Crippen LogP contribution in [0.15, 0.2) is 18.2 Å². The number of methoxy groups -OCH3 is 1. The number of carbonyl (C=O) groups excluding carboxylic acids is 1. The van der Waals surface area contributed by atoms with E-state index in [1.165, 1.54) is 14.0 Å². The van der Waals surface area contributed by atoms with Crippen LogP contribution in [-0.4, -0.2) is 24.8 Å². The zero-order valence-corrected chi connectivity index (χ0v) is 11.2. The van der Waals surface area contributed by atoms with Gasteiger partial charge in [-0.1, -0.05) is 6.07 Å². The van der Waals surface area contributed by atoms with Crippen LogP contribution in [0.3, 0.4) is 0 Å². The fourth-order valence-electron chi connectivity index (χ4n) is 1.46. The largest absolute Gasteiger partial charge is 0.493 e. The van der Waals surface area contributed by atoms with E-state index < -0.39 is 5.97 Å². The fraction of sp³-hybridized carbons (Fsp3) is 0.417. The number of rotatable bonds is 5. The van der Waals surface area contributed by atoms with Gasteiger partial charge in [-0.15, -0.1) is 12.4 Å². The van der Waals surface area contributed by atoms with Crippen molar-refractivity contribution < 1.29 is 19.4 Å². The molecular weight excluding hydrogens is 258 g/mol. The predicted octanol–water partition coefficient (Wildman–Crippen LogP) is 1.42. The van der Waals surface area contributed by atoms with E-state index in [0.29, 0.717) is 17.9 Å². The van der Waals surface area contributed by atoms with Crippen molar-refractivity contribution in [3.63, 3.8) is 0 Å². The molecule has 18 heavy (non-hydrogen) atoms. The standard InChI is InChI=1S/C12H17NO4.ClH/c1-8(15)17-11-4-3-9(7-12(11)16-2)10(13)5-6-14;/h3-4,7,10,14H,5-6,13H2,1-2H3;1H/t10-;/m0./s1. The van der Waals surface area contributed by atoms with Gasteiger partial charge >= 0.3 is 5.97 Å². The zero-order valence-electron chi connectivity index (χ0n) is 10.4. The second-order valence-electron chi connectivity index (χ2n) is 3.62. The van der Waals surface area contributed by atoms with Gasteiger partial charge in [-0.05, 0) is 24.1 Å². The van der Waals surface area contributed by atoms with Gasteiger partial charge in [0.15, 0.2) is 11.5 Å². The molecule has 0 aromatic heterocycles. The number of aliphatic hydroxyl groups excluding tert-OH is 1. The highest BCUT2D eigenvalue weighted by Crippen LogP contribution is 2.30. The van der Waals surface area contributed by atoms with Crippen molar-refractivity contribution in [3.05, 3.63) is 23.8 Å². The maximum absolute atomic E-state index is 10.9. The molecule has 0 aliphatic carbocycles. The average molecular weight is 276 g/mol. The Labute approximate surface area is 112 Å². The van der Waals surface area contributed by atoms with Gasteiger partial charge in [0.1, 0.15) is 0 Å². The van der Waals surface area contributed by atoms with Gasteiger partial charge in [0.2, 0.25) is 0 Å². The Morgan fingerprint density at radius 3 is 2.61 bits per heavy atom. The maximum Gasteiger partial charge on any atom is 0.308 e. The van der Waals surface area contributed by atoms with Gasteiger partial charge in [-0.25, -0.2) is 0 Å². The zero-order chi connectivity index (χ0) is 12.8. The molecule has 1 aromatic carbocycles. The first-order valence-corrected chi connectivity index (χ1v) is 5.31. The van der Waals surface area contributed by atoms with Crippen LogP contribution in [0.1, 0.15) is 24.9 Å². The number of benzene rings is 1. The highest BCUT2D eigenvalue weighted by molar-refractivity contribution is 5.85. The summed E-state index contributed by atoms with van der Waals surface area (Å²) in [6.45, 7) is 1.35. The van der Waals surface area contributed by atoms with E-state index in [0.717, 1.165) is 5.56 Å². The molecule has 0 amide bonds. The average Bonchev–Trinajstić information content (AvgIpc) is 2.29. The Bertz CT molecular complexity index is 398. The van der Waals surface area contributed by atoms with Gasteiger partial charge in [0.05, 0.1) is 7.11 Å². The molecule has 5 nitrogen and oxygen atoms in total. The lowest BCUT2D eigenvalue weighted by Gasteiger charge is -2.14. The summed E-state index contributed by atoms with van der Waals surface area (Å²) in [6, 6.07) is 4.83. The third kappa shape index (κ3) is 4.52. The van der Waals surface area contributed by atoms with Gasteiger partial charge < -0.3 is 20.3 Å². The molecule has 0 heterocycles. The Morgan fingerprint density at radius 1 is 1.44 bits per heavy atom. The van der Waals surface area contributed by atoms with Crippen LogP contribution in [-0.2, 0) is 4.79 Å². The molecule has 6 heteroatoms. The second-order valence-corrected chi connectivity index (χ2v) is 3.62. The summed E-state index contributed by atoms with van der Waals surface area (Å²) in [5, 5.41) is 8.82. The molecule has 1 rings (SSSR count). The van der Waals surface area contributed by atoms with E-state index in [9.17, 15) is 4.79 Å². The molecular formula is C12H18ClNO4. The Balaban J connectivity index is 0.00000289. The number of nitrogens with two attached hydrogens (primary N) is 1. The molecule has 0 unspecified atom stereocenters. The van der Waals surface area contributed by atoms with E-state index in [1.807, 2.05) is 0 Å². The number of hydrogen-bond acceptors (Lipinski definition) is 5. The number of halogens is 1. The molecule has 1 atom stereocenters. The molecule has 0 radical (unpaired) electrons. The first-order chi connectivity index (χ1) is 8.08. The number of aliphatic hydroxyl groups is 1. The topological polar surface area (TPSA) is 81.8 Å². The van der Waals surface area contributed by atoms with Gasteiger partial charge in [-0.2, -0.15) is 0 Å². The normalized spacial score (nSPS) is 11.3. The third-order valence-corrected chi connectivity index (χ3v) is 2.31. The highest BCUT2D eigenvalue weighted by atomic mass is 35.5. The number of hydrogen-bond donors (Lipinski definition) is 2. The minimum atomic E-state index is -0.407. The first-order valence-electron chi connectivity index (χ1n) is 5.31. The second kappa shape index (κ2) is 7.92. The molecule has 0 bridgehead atoms. The van der Waals surface area contributed by atoms with Crippen LogP contribution in [0.5, 0.6) is 11.5 Å². The molecule has 0 aliphatic heterocycles. The fourth-order valence-corrected chi connectivity index (χ4v) is 1.46. The maximum atomic E-state index is 10.9. The van der Waals surface area contributed by atoms with Crippen LogP contribution in [0.25, 0.3) is 0 Å². The van der Waals surface area contributed by atoms with Crippen LogP contribution in [0, 0.1) is 0 Å². The molecule has 0 saturated heterocycles. The Kier molecular flexibility index (Phi) is 7.35.